The lowest BCUT2D eigenvalue weighted by molar-refractivity contribution is -0.120. The zero-order valence-electron chi connectivity index (χ0n) is 9.61. The number of methoxy groups -OCH3 is 2. The summed E-state index contributed by atoms with van der Waals surface area (Å²) in [6, 6.07) is 5.43. The van der Waals surface area contributed by atoms with E-state index >= 15 is 0 Å². The Morgan fingerprint density at radius 1 is 1.18 bits per heavy atom. The molecular weight excluding hydrogens is 222 g/mol. The summed E-state index contributed by atoms with van der Waals surface area (Å²) >= 11 is 0. The van der Waals surface area contributed by atoms with E-state index in [0.29, 0.717) is 22.9 Å². The third-order valence-electron chi connectivity index (χ3n) is 2.37. The first-order valence-corrected chi connectivity index (χ1v) is 5.07. The van der Waals surface area contributed by atoms with Crippen LogP contribution >= 0.6 is 0 Å². The van der Waals surface area contributed by atoms with E-state index in [1.165, 1.54) is 0 Å². The van der Waals surface area contributed by atoms with E-state index in [1.807, 2.05) is 6.07 Å². The predicted octanol–water partition coefficient (Wildman–Crippen LogP) is 0.0848. The molecule has 1 aromatic rings. The minimum atomic E-state index is -0.178. The number of rotatable bonds is 3. The molecule has 1 amide bonds. The van der Waals surface area contributed by atoms with Gasteiger partial charge in [-0.2, -0.15) is 0 Å². The first kappa shape index (κ1) is 11.3. The zero-order chi connectivity index (χ0) is 12.3. The SMILES string of the molecule is COc1cccc(OC)c1C1=NCC(=O)NN1. The zero-order valence-corrected chi connectivity index (χ0v) is 9.61. The molecule has 0 unspecified atom stereocenters. The van der Waals surface area contributed by atoms with Crippen LogP contribution in [-0.2, 0) is 4.79 Å². The number of hydrogen-bond donors (Lipinski definition) is 2. The number of aliphatic imine (C=N–C) groups is 1. The minimum Gasteiger partial charge on any atom is -0.496 e. The lowest BCUT2D eigenvalue weighted by Crippen LogP contribution is -2.47. The molecular formula is C11H13N3O3. The van der Waals surface area contributed by atoms with E-state index in [-0.39, 0.29) is 12.5 Å². The van der Waals surface area contributed by atoms with Gasteiger partial charge in [0.2, 0.25) is 0 Å². The summed E-state index contributed by atoms with van der Waals surface area (Å²) in [7, 11) is 3.14. The van der Waals surface area contributed by atoms with Crippen LogP contribution in [0.5, 0.6) is 11.5 Å². The largest absolute Gasteiger partial charge is 0.496 e. The molecule has 0 spiro atoms. The summed E-state index contributed by atoms with van der Waals surface area (Å²) < 4.78 is 10.5. The van der Waals surface area contributed by atoms with Crippen molar-refractivity contribution in [2.24, 2.45) is 4.99 Å². The smallest absolute Gasteiger partial charge is 0.260 e. The highest BCUT2D eigenvalue weighted by atomic mass is 16.5. The molecule has 0 radical (unpaired) electrons. The Hall–Kier alpha value is -2.24. The number of ether oxygens (including phenoxy) is 2. The first-order valence-electron chi connectivity index (χ1n) is 5.07. The minimum absolute atomic E-state index is 0.0868. The standard InChI is InChI=1S/C11H13N3O3/c1-16-7-4-3-5-8(17-2)10(7)11-12-6-9(15)13-14-11/h3-5H,6H2,1-2H3,(H,12,14)(H,13,15). The van der Waals surface area contributed by atoms with Gasteiger partial charge in [-0.05, 0) is 12.1 Å². The van der Waals surface area contributed by atoms with Crippen LogP contribution in [0.3, 0.4) is 0 Å². The van der Waals surface area contributed by atoms with Crippen molar-refractivity contribution >= 4 is 11.7 Å². The fourth-order valence-corrected chi connectivity index (χ4v) is 1.58. The monoisotopic (exact) mass is 235 g/mol. The van der Waals surface area contributed by atoms with E-state index in [4.69, 9.17) is 9.47 Å². The Morgan fingerprint density at radius 3 is 2.29 bits per heavy atom. The van der Waals surface area contributed by atoms with E-state index in [1.54, 1.807) is 26.4 Å². The van der Waals surface area contributed by atoms with Gasteiger partial charge in [-0.1, -0.05) is 6.07 Å². The van der Waals surface area contributed by atoms with Crippen molar-refractivity contribution in [2.45, 2.75) is 0 Å². The number of hydrazine groups is 1. The second kappa shape index (κ2) is 4.73. The number of hydrogen-bond acceptors (Lipinski definition) is 5. The van der Waals surface area contributed by atoms with Crippen molar-refractivity contribution in [3.05, 3.63) is 23.8 Å². The third-order valence-corrected chi connectivity index (χ3v) is 2.37. The number of nitrogens with zero attached hydrogens (tertiary/aromatic N) is 1. The molecule has 0 fully saturated rings. The van der Waals surface area contributed by atoms with Gasteiger partial charge in [0.1, 0.15) is 23.6 Å². The molecule has 1 heterocycles. The molecule has 0 saturated carbocycles. The van der Waals surface area contributed by atoms with Gasteiger partial charge in [-0.15, -0.1) is 0 Å². The van der Waals surface area contributed by atoms with Crippen molar-refractivity contribution in [2.75, 3.05) is 20.8 Å². The molecule has 90 valence electrons. The van der Waals surface area contributed by atoms with E-state index in [2.05, 4.69) is 15.8 Å². The topological polar surface area (TPSA) is 72.0 Å². The Morgan fingerprint density at radius 2 is 1.82 bits per heavy atom. The van der Waals surface area contributed by atoms with Crippen LogP contribution in [0.15, 0.2) is 23.2 Å². The predicted molar refractivity (Wildman–Crippen MR) is 62.2 cm³/mol. The van der Waals surface area contributed by atoms with Crippen molar-refractivity contribution in [3.8, 4) is 11.5 Å². The number of benzene rings is 1. The molecule has 0 aliphatic carbocycles. The maximum Gasteiger partial charge on any atom is 0.260 e. The number of amidine groups is 1. The first-order chi connectivity index (χ1) is 8.26. The van der Waals surface area contributed by atoms with Gasteiger partial charge in [0, 0.05) is 0 Å². The average molecular weight is 235 g/mol. The summed E-state index contributed by atoms with van der Waals surface area (Å²) in [5.41, 5.74) is 5.92. The molecule has 1 aliphatic rings. The number of carbonyl (C=O) groups excluding carboxylic acids is 1. The second-order valence-corrected chi connectivity index (χ2v) is 3.38. The average Bonchev–Trinajstić information content (AvgIpc) is 2.38. The van der Waals surface area contributed by atoms with Gasteiger partial charge >= 0.3 is 0 Å². The van der Waals surface area contributed by atoms with E-state index in [0.717, 1.165) is 0 Å². The van der Waals surface area contributed by atoms with Crippen LogP contribution < -0.4 is 20.3 Å². The van der Waals surface area contributed by atoms with Gasteiger partial charge in [0.15, 0.2) is 5.84 Å². The fraction of sp³-hybridized carbons (Fsp3) is 0.273. The highest BCUT2D eigenvalue weighted by Gasteiger charge is 2.19. The van der Waals surface area contributed by atoms with E-state index < -0.39 is 0 Å². The molecule has 17 heavy (non-hydrogen) atoms. The van der Waals surface area contributed by atoms with Gasteiger partial charge in [-0.3, -0.25) is 20.6 Å². The highest BCUT2D eigenvalue weighted by Crippen LogP contribution is 2.28. The van der Waals surface area contributed by atoms with Gasteiger partial charge in [0.05, 0.1) is 14.2 Å². The second-order valence-electron chi connectivity index (χ2n) is 3.38. The van der Waals surface area contributed by atoms with Crippen LogP contribution in [-0.4, -0.2) is 32.5 Å². The Labute approximate surface area is 98.6 Å². The molecule has 0 saturated heterocycles. The fourth-order valence-electron chi connectivity index (χ4n) is 1.58. The maximum atomic E-state index is 11.0. The molecule has 2 N–H and O–H groups in total. The van der Waals surface area contributed by atoms with Crippen LogP contribution in [0.25, 0.3) is 0 Å². The van der Waals surface area contributed by atoms with Crippen LogP contribution in [0.2, 0.25) is 0 Å². The number of nitrogens with one attached hydrogen (secondary N) is 2. The maximum absolute atomic E-state index is 11.0. The Bertz CT molecular complexity index is 449. The Balaban J connectivity index is 2.46. The molecule has 6 heteroatoms. The summed E-state index contributed by atoms with van der Waals surface area (Å²) in [5.74, 6) is 1.61. The molecule has 6 nitrogen and oxygen atoms in total. The molecule has 0 aromatic heterocycles. The van der Waals surface area contributed by atoms with Crippen molar-refractivity contribution in [1.29, 1.82) is 0 Å². The summed E-state index contributed by atoms with van der Waals surface area (Å²) in [6.07, 6.45) is 0. The van der Waals surface area contributed by atoms with Crippen molar-refractivity contribution in [1.82, 2.24) is 10.9 Å². The quantitative estimate of drug-likeness (QED) is 0.778. The molecule has 1 aromatic carbocycles. The molecule has 0 bridgehead atoms. The Kier molecular flexibility index (Phi) is 3.13. The van der Waals surface area contributed by atoms with Gasteiger partial charge < -0.3 is 9.47 Å². The normalized spacial score (nSPS) is 14.5. The molecule has 0 atom stereocenters. The van der Waals surface area contributed by atoms with Crippen LogP contribution in [0, 0.1) is 0 Å². The van der Waals surface area contributed by atoms with Gasteiger partial charge in [0.25, 0.3) is 5.91 Å². The van der Waals surface area contributed by atoms with Crippen LogP contribution in [0.1, 0.15) is 5.56 Å². The van der Waals surface area contributed by atoms with Crippen molar-refractivity contribution in [3.63, 3.8) is 0 Å². The molecule has 1 aliphatic heterocycles. The summed E-state index contributed by atoms with van der Waals surface area (Å²) in [6.45, 7) is 0.0868. The number of carbonyl (C=O) groups is 1. The third kappa shape index (κ3) is 2.15. The lowest BCUT2D eigenvalue weighted by Gasteiger charge is -2.19. The van der Waals surface area contributed by atoms with E-state index in [9.17, 15) is 4.79 Å². The van der Waals surface area contributed by atoms with Gasteiger partial charge in [-0.25, -0.2) is 0 Å². The lowest BCUT2D eigenvalue weighted by atomic mass is 10.1. The number of amides is 1. The van der Waals surface area contributed by atoms with Crippen molar-refractivity contribution < 1.29 is 14.3 Å². The summed E-state index contributed by atoms with van der Waals surface area (Å²) in [4.78, 5) is 15.1. The van der Waals surface area contributed by atoms with Crippen LogP contribution in [0.4, 0.5) is 0 Å². The molecule has 2 rings (SSSR count). The highest BCUT2D eigenvalue weighted by molar-refractivity contribution is 6.06. The summed E-state index contributed by atoms with van der Waals surface area (Å²) in [5, 5.41) is 0.